The Kier molecular flexibility index (Phi) is 6.65. The SMILES string of the molecule is CCC(C)CN(C)c1nc(CCNC(C)C)cs1. The van der Waals surface area contributed by atoms with Crippen LogP contribution < -0.4 is 10.2 Å². The van der Waals surface area contributed by atoms with Crippen molar-refractivity contribution in [1.82, 2.24) is 10.3 Å². The van der Waals surface area contributed by atoms with Crippen molar-refractivity contribution in [3.63, 3.8) is 0 Å². The molecule has 0 spiro atoms. The maximum atomic E-state index is 4.70. The highest BCUT2D eigenvalue weighted by Gasteiger charge is 2.09. The van der Waals surface area contributed by atoms with Gasteiger partial charge in [0.2, 0.25) is 0 Å². The van der Waals surface area contributed by atoms with Crippen LogP contribution in [0.15, 0.2) is 5.38 Å². The molecule has 0 bridgehead atoms. The van der Waals surface area contributed by atoms with Gasteiger partial charge < -0.3 is 10.2 Å². The quantitative estimate of drug-likeness (QED) is 0.785. The van der Waals surface area contributed by atoms with Gasteiger partial charge in [0.05, 0.1) is 5.69 Å². The third kappa shape index (κ3) is 5.36. The number of aromatic nitrogens is 1. The van der Waals surface area contributed by atoms with Gasteiger partial charge in [-0.25, -0.2) is 4.98 Å². The Morgan fingerprint density at radius 2 is 2.11 bits per heavy atom. The van der Waals surface area contributed by atoms with Gasteiger partial charge in [0.1, 0.15) is 0 Å². The van der Waals surface area contributed by atoms with Crippen LogP contribution in [-0.2, 0) is 6.42 Å². The number of rotatable bonds is 8. The van der Waals surface area contributed by atoms with E-state index >= 15 is 0 Å². The largest absolute Gasteiger partial charge is 0.351 e. The van der Waals surface area contributed by atoms with Crippen molar-refractivity contribution in [2.75, 3.05) is 25.0 Å². The monoisotopic (exact) mass is 269 g/mol. The van der Waals surface area contributed by atoms with E-state index in [-0.39, 0.29) is 0 Å². The minimum atomic E-state index is 0.552. The predicted octanol–water partition coefficient (Wildman–Crippen LogP) is 3.17. The summed E-state index contributed by atoms with van der Waals surface area (Å²) in [5.41, 5.74) is 1.21. The summed E-state index contributed by atoms with van der Waals surface area (Å²) in [5.74, 6) is 0.727. The number of anilines is 1. The maximum absolute atomic E-state index is 4.70. The summed E-state index contributed by atoms with van der Waals surface area (Å²) < 4.78 is 0. The minimum Gasteiger partial charge on any atom is -0.351 e. The summed E-state index contributed by atoms with van der Waals surface area (Å²) in [4.78, 5) is 6.97. The topological polar surface area (TPSA) is 28.2 Å². The number of nitrogens with zero attached hydrogens (tertiary/aromatic N) is 2. The molecule has 0 aromatic carbocycles. The first kappa shape index (κ1) is 15.4. The van der Waals surface area contributed by atoms with Gasteiger partial charge in [-0.1, -0.05) is 34.1 Å². The van der Waals surface area contributed by atoms with E-state index in [0.29, 0.717) is 6.04 Å². The Bertz CT molecular complexity index is 336. The van der Waals surface area contributed by atoms with Crippen LogP contribution in [0.5, 0.6) is 0 Å². The first-order valence-corrected chi connectivity index (χ1v) is 7.79. The van der Waals surface area contributed by atoms with E-state index in [1.807, 2.05) is 0 Å². The van der Waals surface area contributed by atoms with Crippen LogP contribution in [0.3, 0.4) is 0 Å². The zero-order chi connectivity index (χ0) is 13.5. The van der Waals surface area contributed by atoms with Gasteiger partial charge in [-0.2, -0.15) is 0 Å². The lowest BCUT2D eigenvalue weighted by atomic mass is 10.1. The van der Waals surface area contributed by atoms with Crippen LogP contribution in [0.25, 0.3) is 0 Å². The Balaban J connectivity index is 2.42. The molecular formula is C14H27N3S. The third-order valence-electron chi connectivity index (χ3n) is 3.08. The van der Waals surface area contributed by atoms with E-state index in [0.717, 1.165) is 30.6 Å². The molecule has 4 heteroatoms. The number of hydrogen-bond acceptors (Lipinski definition) is 4. The van der Waals surface area contributed by atoms with E-state index in [4.69, 9.17) is 4.98 Å². The highest BCUT2D eigenvalue weighted by Crippen LogP contribution is 2.20. The van der Waals surface area contributed by atoms with Gasteiger partial charge in [-0.15, -0.1) is 11.3 Å². The van der Waals surface area contributed by atoms with Crippen molar-refractivity contribution < 1.29 is 0 Å². The molecule has 18 heavy (non-hydrogen) atoms. The number of nitrogens with one attached hydrogen (secondary N) is 1. The Hall–Kier alpha value is -0.610. The van der Waals surface area contributed by atoms with Crippen LogP contribution in [0, 0.1) is 5.92 Å². The molecule has 0 fully saturated rings. The van der Waals surface area contributed by atoms with Crippen LogP contribution in [0.1, 0.15) is 39.8 Å². The van der Waals surface area contributed by atoms with Gasteiger partial charge in [-0.3, -0.25) is 0 Å². The van der Waals surface area contributed by atoms with Gasteiger partial charge >= 0.3 is 0 Å². The second-order valence-corrected chi connectivity index (χ2v) is 6.21. The lowest BCUT2D eigenvalue weighted by Gasteiger charge is -2.19. The third-order valence-corrected chi connectivity index (χ3v) is 4.09. The molecule has 0 saturated carbocycles. The molecule has 1 atom stereocenters. The van der Waals surface area contributed by atoms with E-state index in [1.165, 1.54) is 12.1 Å². The molecule has 3 nitrogen and oxygen atoms in total. The molecule has 1 heterocycles. The molecular weight excluding hydrogens is 242 g/mol. The second kappa shape index (κ2) is 7.74. The first-order chi connectivity index (χ1) is 8.52. The molecule has 0 aliphatic carbocycles. The summed E-state index contributed by atoms with van der Waals surface area (Å²) in [6.45, 7) is 11.0. The lowest BCUT2D eigenvalue weighted by molar-refractivity contribution is 0.558. The molecule has 104 valence electrons. The van der Waals surface area contributed by atoms with Crippen LogP contribution >= 0.6 is 11.3 Å². The second-order valence-electron chi connectivity index (χ2n) is 5.37. The van der Waals surface area contributed by atoms with Gasteiger partial charge in [0, 0.05) is 38.0 Å². The molecule has 1 aromatic heterocycles. The van der Waals surface area contributed by atoms with Crippen molar-refractivity contribution in [2.24, 2.45) is 5.92 Å². The fourth-order valence-corrected chi connectivity index (χ4v) is 2.59. The predicted molar refractivity (Wildman–Crippen MR) is 81.7 cm³/mol. The van der Waals surface area contributed by atoms with Gasteiger partial charge in [0.15, 0.2) is 5.13 Å². The van der Waals surface area contributed by atoms with Crippen LogP contribution in [0.2, 0.25) is 0 Å². The standard InChI is InChI=1S/C14H27N3S/c1-6-12(4)9-17(5)14-16-13(10-18-14)7-8-15-11(2)3/h10-12,15H,6-9H2,1-5H3. The van der Waals surface area contributed by atoms with Gasteiger partial charge in [0.25, 0.3) is 0 Å². The maximum Gasteiger partial charge on any atom is 0.185 e. The zero-order valence-corrected chi connectivity index (χ0v) is 13.2. The summed E-state index contributed by atoms with van der Waals surface area (Å²) >= 11 is 1.76. The number of thiazole rings is 1. The van der Waals surface area contributed by atoms with E-state index in [1.54, 1.807) is 11.3 Å². The summed E-state index contributed by atoms with van der Waals surface area (Å²) in [7, 11) is 2.14. The molecule has 0 aliphatic heterocycles. The summed E-state index contributed by atoms with van der Waals surface area (Å²) in [6, 6.07) is 0.552. The highest BCUT2D eigenvalue weighted by molar-refractivity contribution is 7.13. The van der Waals surface area contributed by atoms with E-state index in [2.05, 4.69) is 50.3 Å². The van der Waals surface area contributed by atoms with E-state index in [9.17, 15) is 0 Å². The van der Waals surface area contributed by atoms with Crippen LogP contribution in [-0.4, -0.2) is 31.2 Å². The molecule has 1 unspecified atom stereocenters. The van der Waals surface area contributed by atoms with Crippen molar-refractivity contribution in [3.05, 3.63) is 11.1 Å². The fraction of sp³-hybridized carbons (Fsp3) is 0.786. The first-order valence-electron chi connectivity index (χ1n) is 6.91. The minimum absolute atomic E-state index is 0.552. The van der Waals surface area contributed by atoms with Crippen molar-refractivity contribution in [3.8, 4) is 0 Å². The molecule has 0 aliphatic rings. The smallest absolute Gasteiger partial charge is 0.185 e. The molecule has 0 radical (unpaired) electrons. The average molecular weight is 269 g/mol. The normalized spacial score (nSPS) is 13.0. The molecule has 0 amide bonds. The average Bonchev–Trinajstić information content (AvgIpc) is 2.77. The van der Waals surface area contributed by atoms with Gasteiger partial charge in [-0.05, 0) is 5.92 Å². The number of hydrogen-bond donors (Lipinski definition) is 1. The van der Waals surface area contributed by atoms with Crippen molar-refractivity contribution in [1.29, 1.82) is 0 Å². The molecule has 1 rings (SSSR count). The van der Waals surface area contributed by atoms with Crippen molar-refractivity contribution in [2.45, 2.75) is 46.6 Å². The summed E-state index contributed by atoms with van der Waals surface area (Å²) in [6.07, 6.45) is 2.24. The molecule has 1 N–H and O–H groups in total. The Labute approximate surface area is 116 Å². The Morgan fingerprint density at radius 3 is 2.72 bits per heavy atom. The lowest BCUT2D eigenvalue weighted by Crippen LogP contribution is -2.25. The van der Waals surface area contributed by atoms with E-state index < -0.39 is 0 Å². The Morgan fingerprint density at radius 1 is 1.39 bits per heavy atom. The van der Waals surface area contributed by atoms with Crippen molar-refractivity contribution >= 4 is 16.5 Å². The molecule has 1 aromatic rings. The highest BCUT2D eigenvalue weighted by atomic mass is 32.1. The fourth-order valence-electron chi connectivity index (χ4n) is 1.75. The summed E-state index contributed by atoms with van der Waals surface area (Å²) in [5, 5.41) is 6.76. The van der Waals surface area contributed by atoms with Crippen LogP contribution in [0.4, 0.5) is 5.13 Å². The molecule has 0 saturated heterocycles. The zero-order valence-electron chi connectivity index (χ0n) is 12.4.